The van der Waals surface area contributed by atoms with E-state index in [4.69, 9.17) is 0 Å². The minimum atomic E-state index is 0.170. The summed E-state index contributed by atoms with van der Waals surface area (Å²) in [5.74, 6) is 0.942. The fourth-order valence-electron chi connectivity index (χ4n) is 2.31. The molecule has 1 saturated carbocycles. The number of hydrogen-bond acceptors (Lipinski definition) is 4. The second kappa shape index (κ2) is 3.55. The molecule has 1 aromatic rings. The van der Waals surface area contributed by atoms with Gasteiger partial charge in [-0.05, 0) is 50.5 Å². The first-order valence-electron chi connectivity index (χ1n) is 6.29. The Morgan fingerprint density at radius 3 is 2.59 bits per heavy atom. The highest BCUT2D eigenvalue weighted by Gasteiger charge is 2.43. The maximum absolute atomic E-state index is 4.21. The van der Waals surface area contributed by atoms with Gasteiger partial charge in [-0.25, -0.2) is 4.68 Å². The topological polar surface area (TPSA) is 46.8 Å². The number of nitrogens with zero attached hydrogens (tertiary/aromatic N) is 5. The molecular weight excluding hydrogens is 214 g/mol. The molecule has 0 N–H and O–H groups in total. The van der Waals surface area contributed by atoms with Gasteiger partial charge in [0.1, 0.15) is 0 Å². The van der Waals surface area contributed by atoms with E-state index in [9.17, 15) is 0 Å². The van der Waals surface area contributed by atoms with Gasteiger partial charge in [0.2, 0.25) is 5.95 Å². The average molecular weight is 233 g/mol. The van der Waals surface area contributed by atoms with Crippen LogP contribution >= 0.6 is 0 Å². The zero-order valence-electron chi connectivity index (χ0n) is 10.8. The number of rotatable bonds is 2. The van der Waals surface area contributed by atoms with Gasteiger partial charge in [0.25, 0.3) is 0 Å². The third-order valence-corrected chi connectivity index (χ3v) is 4.13. The Morgan fingerprint density at radius 2 is 1.94 bits per heavy atom. The highest BCUT2D eigenvalue weighted by Crippen LogP contribution is 2.44. The second-order valence-electron chi connectivity index (χ2n) is 5.62. The summed E-state index contributed by atoms with van der Waals surface area (Å²) in [6.45, 7) is 8.64. The molecule has 5 nitrogen and oxygen atoms in total. The monoisotopic (exact) mass is 233 g/mol. The predicted molar refractivity (Wildman–Crippen MR) is 65.9 cm³/mol. The van der Waals surface area contributed by atoms with Crippen molar-refractivity contribution >= 4 is 5.95 Å². The standard InChI is InChI=1S/C12H19N5/c1-9-4-7-16(8-10(9)2)11-13-14-15-17(11)12(3)5-6-12/h4-8H2,1-3H3. The van der Waals surface area contributed by atoms with Crippen LogP contribution in [0.15, 0.2) is 11.1 Å². The Morgan fingerprint density at radius 1 is 1.18 bits per heavy atom. The average Bonchev–Trinajstić information content (AvgIpc) is 2.87. The smallest absolute Gasteiger partial charge is 0.246 e. The Balaban J connectivity index is 1.88. The molecule has 2 aliphatic rings. The molecule has 92 valence electrons. The predicted octanol–water partition coefficient (Wildman–Crippen LogP) is 1.73. The molecule has 3 rings (SSSR count). The third-order valence-electron chi connectivity index (χ3n) is 4.13. The van der Waals surface area contributed by atoms with Crippen LogP contribution in [-0.4, -0.2) is 33.3 Å². The summed E-state index contributed by atoms with van der Waals surface area (Å²) in [7, 11) is 0. The van der Waals surface area contributed by atoms with Crippen molar-refractivity contribution in [2.75, 3.05) is 18.0 Å². The number of anilines is 1. The van der Waals surface area contributed by atoms with Crippen molar-refractivity contribution in [1.29, 1.82) is 0 Å². The van der Waals surface area contributed by atoms with Gasteiger partial charge in [0.15, 0.2) is 0 Å². The Kier molecular flexibility index (Phi) is 2.24. The first kappa shape index (κ1) is 10.7. The van der Waals surface area contributed by atoms with E-state index >= 15 is 0 Å². The SMILES string of the molecule is CC1=C(C)CN(c2nnnn2C2(C)CC2)CC1. The fourth-order valence-corrected chi connectivity index (χ4v) is 2.31. The van der Waals surface area contributed by atoms with Crippen LogP contribution in [0.2, 0.25) is 0 Å². The van der Waals surface area contributed by atoms with Crippen LogP contribution in [0.3, 0.4) is 0 Å². The Labute approximate surface area is 101 Å². The lowest BCUT2D eigenvalue weighted by molar-refractivity contribution is 0.454. The van der Waals surface area contributed by atoms with Crippen molar-refractivity contribution in [3.63, 3.8) is 0 Å². The van der Waals surface area contributed by atoms with E-state index in [0.717, 1.165) is 25.5 Å². The van der Waals surface area contributed by atoms with Crippen molar-refractivity contribution in [2.45, 2.75) is 45.6 Å². The van der Waals surface area contributed by atoms with Crippen molar-refractivity contribution in [1.82, 2.24) is 20.2 Å². The molecule has 0 radical (unpaired) electrons. The molecule has 0 unspecified atom stereocenters. The number of tetrazole rings is 1. The third kappa shape index (κ3) is 1.73. The summed E-state index contributed by atoms with van der Waals surface area (Å²) >= 11 is 0. The highest BCUT2D eigenvalue weighted by atomic mass is 15.6. The van der Waals surface area contributed by atoms with Gasteiger partial charge in [-0.1, -0.05) is 16.2 Å². The highest BCUT2D eigenvalue weighted by molar-refractivity contribution is 5.37. The maximum Gasteiger partial charge on any atom is 0.246 e. The van der Waals surface area contributed by atoms with Crippen LogP contribution in [0.4, 0.5) is 5.95 Å². The second-order valence-corrected chi connectivity index (χ2v) is 5.62. The van der Waals surface area contributed by atoms with Crippen molar-refractivity contribution in [3.8, 4) is 0 Å². The summed E-state index contributed by atoms with van der Waals surface area (Å²) in [6.07, 6.45) is 3.49. The van der Waals surface area contributed by atoms with E-state index in [1.165, 1.54) is 24.0 Å². The quantitative estimate of drug-likeness (QED) is 0.730. The van der Waals surface area contributed by atoms with Gasteiger partial charge in [0, 0.05) is 13.1 Å². The molecule has 0 bridgehead atoms. The molecule has 0 saturated heterocycles. The van der Waals surface area contributed by atoms with Crippen molar-refractivity contribution in [2.24, 2.45) is 0 Å². The molecule has 0 spiro atoms. The summed E-state index contributed by atoms with van der Waals surface area (Å²) < 4.78 is 2.01. The maximum atomic E-state index is 4.21. The van der Waals surface area contributed by atoms with E-state index in [2.05, 4.69) is 41.2 Å². The van der Waals surface area contributed by atoms with E-state index in [0.29, 0.717) is 0 Å². The van der Waals surface area contributed by atoms with Crippen LogP contribution in [-0.2, 0) is 5.54 Å². The summed E-state index contributed by atoms with van der Waals surface area (Å²) in [6, 6.07) is 0. The van der Waals surface area contributed by atoms with Gasteiger partial charge in [-0.3, -0.25) is 0 Å². The largest absolute Gasteiger partial charge is 0.335 e. The van der Waals surface area contributed by atoms with Crippen LogP contribution in [0.25, 0.3) is 0 Å². The van der Waals surface area contributed by atoms with Gasteiger partial charge < -0.3 is 4.90 Å². The van der Waals surface area contributed by atoms with Crippen LogP contribution < -0.4 is 4.90 Å². The Bertz CT molecular complexity index is 469. The minimum Gasteiger partial charge on any atom is -0.335 e. The van der Waals surface area contributed by atoms with Gasteiger partial charge in [0.05, 0.1) is 5.54 Å². The molecule has 1 aliphatic carbocycles. The first-order valence-corrected chi connectivity index (χ1v) is 6.29. The number of hydrogen-bond donors (Lipinski definition) is 0. The van der Waals surface area contributed by atoms with E-state index < -0.39 is 0 Å². The van der Waals surface area contributed by atoms with Crippen molar-refractivity contribution in [3.05, 3.63) is 11.1 Å². The molecule has 1 fully saturated rings. The number of aromatic nitrogens is 4. The van der Waals surface area contributed by atoms with Gasteiger partial charge in [-0.15, -0.1) is 0 Å². The van der Waals surface area contributed by atoms with Gasteiger partial charge in [-0.2, -0.15) is 0 Å². The molecule has 0 atom stereocenters. The lowest BCUT2D eigenvalue weighted by Crippen LogP contribution is -2.34. The van der Waals surface area contributed by atoms with E-state index in [1.54, 1.807) is 0 Å². The molecule has 1 aromatic heterocycles. The molecule has 17 heavy (non-hydrogen) atoms. The summed E-state index contributed by atoms with van der Waals surface area (Å²) in [5.41, 5.74) is 3.13. The minimum absolute atomic E-state index is 0.170. The van der Waals surface area contributed by atoms with Gasteiger partial charge >= 0.3 is 0 Å². The van der Waals surface area contributed by atoms with Crippen LogP contribution in [0, 0.1) is 0 Å². The zero-order valence-corrected chi connectivity index (χ0v) is 10.8. The Hall–Kier alpha value is -1.39. The lowest BCUT2D eigenvalue weighted by atomic mass is 10.0. The van der Waals surface area contributed by atoms with E-state index in [1.807, 2.05) is 4.68 Å². The molecule has 2 heterocycles. The first-order chi connectivity index (χ1) is 8.10. The normalized spacial score (nSPS) is 23.1. The molecule has 0 amide bonds. The van der Waals surface area contributed by atoms with Crippen LogP contribution in [0.5, 0.6) is 0 Å². The summed E-state index contributed by atoms with van der Waals surface area (Å²) in [4.78, 5) is 2.30. The van der Waals surface area contributed by atoms with Crippen LogP contribution in [0.1, 0.15) is 40.0 Å². The fraction of sp³-hybridized carbons (Fsp3) is 0.750. The lowest BCUT2D eigenvalue weighted by Gasteiger charge is -2.29. The molecule has 5 heteroatoms. The molecule has 1 aliphatic heterocycles. The van der Waals surface area contributed by atoms with E-state index in [-0.39, 0.29) is 5.54 Å². The van der Waals surface area contributed by atoms with Crippen molar-refractivity contribution < 1.29 is 0 Å². The molecule has 0 aromatic carbocycles. The molecular formula is C12H19N5. The summed E-state index contributed by atoms with van der Waals surface area (Å²) in [5, 5.41) is 12.2. The zero-order chi connectivity index (χ0) is 12.0.